The largest absolute Gasteiger partial charge is 0.289 e. The maximum absolute atomic E-state index is 13.2. The average molecular weight is 243 g/mol. The van der Waals surface area contributed by atoms with Gasteiger partial charge in [0.1, 0.15) is 5.82 Å². The standard InChI is InChI=1S/C10H8BrFO/c1-6(2)10(13)8-4-3-7(11)5-9(8)12/h3-5H,1H2,2H3. The van der Waals surface area contributed by atoms with E-state index >= 15 is 0 Å². The second-order valence-corrected chi connectivity index (χ2v) is 3.65. The van der Waals surface area contributed by atoms with E-state index in [1.54, 1.807) is 13.0 Å². The molecule has 0 aromatic heterocycles. The molecule has 1 aromatic carbocycles. The topological polar surface area (TPSA) is 17.1 Å². The Kier molecular flexibility index (Phi) is 2.98. The number of rotatable bonds is 2. The van der Waals surface area contributed by atoms with Gasteiger partial charge in [0, 0.05) is 4.47 Å². The summed E-state index contributed by atoms with van der Waals surface area (Å²) in [5.41, 5.74) is 0.400. The zero-order valence-corrected chi connectivity index (χ0v) is 8.69. The fraction of sp³-hybridized carbons (Fsp3) is 0.100. The molecule has 0 atom stereocenters. The van der Waals surface area contributed by atoms with Gasteiger partial charge in [0.05, 0.1) is 5.56 Å². The summed E-state index contributed by atoms with van der Waals surface area (Å²) in [6.45, 7) is 5.03. The molecule has 0 unspecified atom stereocenters. The molecule has 1 aromatic rings. The molecule has 1 rings (SSSR count). The third kappa shape index (κ3) is 2.25. The molecule has 0 radical (unpaired) electrons. The van der Waals surface area contributed by atoms with Crippen molar-refractivity contribution in [1.29, 1.82) is 0 Å². The van der Waals surface area contributed by atoms with Gasteiger partial charge in [-0.15, -0.1) is 0 Å². The van der Waals surface area contributed by atoms with E-state index in [1.165, 1.54) is 12.1 Å². The van der Waals surface area contributed by atoms with Crippen molar-refractivity contribution < 1.29 is 9.18 Å². The smallest absolute Gasteiger partial charge is 0.191 e. The van der Waals surface area contributed by atoms with Crippen LogP contribution in [0.2, 0.25) is 0 Å². The van der Waals surface area contributed by atoms with Crippen LogP contribution in [0.3, 0.4) is 0 Å². The van der Waals surface area contributed by atoms with Gasteiger partial charge in [0.2, 0.25) is 0 Å². The number of Topliss-reactive ketones (excluding diaryl/α,β-unsaturated/α-hetero) is 1. The molecule has 0 aliphatic heterocycles. The SMILES string of the molecule is C=C(C)C(=O)c1ccc(Br)cc1F. The van der Waals surface area contributed by atoms with E-state index < -0.39 is 5.82 Å². The highest BCUT2D eigenvalue weighted by Crippen LogP contribution is 2.17. The Morgan fingerprint density at radius 2 is 2.15 bits per heavy atom. The van der Waals surface area contributed by atoms with Crippen LogP contribution in [0, 0.1) is 5.82 Å². The molecule has 0 aliphatic rings. The van der Waals surface area contributed by atoms with E-state index in [9.17, 15) is 9.18 Å². The van der Waals surface area contributed by atoms with Crippen molar-refractivity contribution in [3.8, 4) is 0 Å². The third-order valence-electron chi connectivity index (χ3n) is 1.56. The summed E-state index contributed by atoms with van der Waals surface area (Å²) in [4.78, 5) is 11.3. The van der Waals surface area contributed by atoms with E-state index in [1.807, 2.05) is 0 Å². The lowest BCUT2D eigenvalue weighted by Gasteiger charge is -2.01. The Labute approximate surface area is 84.4 Å². The van der Waals surface area contributed by atoms with Crippen LogP contribution in [-0.2, 0) is 0 Å². The Morgan fingerprint density at radius 3 is 2.62 bits per heavy atom. The molecule has 0 fully saturated rings. The maximum atomic E-state index is 13.2. The van der Waals surface area contributed by atoms with Crippen molar-refractivity contribution in [2.75, 3.05) is 0 Å². The second kappa shape index (κ2) is 3.83. The molecule has 0 spiro atoms. The number of halogens is 2. The van der Waals surface area contributed by atoms with Crippen LogP contribution < -0.4 is 0 Å². The van der Waals surface area contributed by atoms with Gasteiger partial charge in [0.15, 0.2) is 5.78 Å². The van der Waals surface area contributed by atoms with Crippen LogP contribution in [0.1, 0.15) is 17.3 Å². The van der Waals surface area contributed by atoms with Gasteiger partial charge in [-0.05, 0) is 30.7 Å². The predicted octanol–water partition coefficient (Wildman–Crippen LogP) is 3.35. The minimum absolute atomic E-state index is 0.0655. The quantitative estimate of drug-likeness (QED) is 0.575. The molecule has 1 nitrogen and oxygen atoms in total. The lowest BCUT2D eigenvalue weighted by molar-refractivity contribution is 0.103. The summed E-state index contributed by atoms with van der Waals surface area (Å²) < 4.78 is 13.8. The maximum Gasteiger partial charge on any atom is 0.191 e. The molecular formula is C10H8BrFO. The van der Waals surface area contributed by atoms with Crippen molar-refractivity contribution in [2.24, 2.45) is 0 Å². The minimum atomic E-state index is -0.526. The molecule has 13 heavy (non-hydrogen) atoms. The van der Waals surface area contributed by atoms with Crippen molar-refractivity contribution >= 4 is 21.7 Å². The van der Waals surface area contributed by atoms with E-state index in [-0.39, 0.29) is 11.3 Å². The van der Waals surface area contributed by atoms with Crippen LogP contribution in [-0.4, -0.2) is 5.78 Å². The first kappa shape index (κ1) is 10.1. The zero-order chi connectivity index (χ0) is 10.0. The number of hydrogen-bond acceptors (Lipinski definition) is 1. The van der Waals surface area contributed by atoms with E-state index in [0.29, 0.717) is 10.0 Å². The molecular weight excluding hydrogens is 235 g/mol. The van der Waals surface area contributed by atoms with E-state index in [4.69, 9.17) is 0 Å². The van der Waals surface area contributed by atoms with Gasteiger partial charge >= 0.3 is 0 Å². The first-order valence-corrected chi connectivity index (χ1v) is 4.47. The molecule has 0 N–H and O–H groups in total. The number of hydrogen-bond donors (Lipinski definition) is 0. The van der Waals surface area contributed by atoms with Crippen molar-refractivity contribution in [2.45, 2.75) is 6.92 Å². The van der Waals surface area contributed by atoms with Gasteiger partial charge in [-0.3, -0.25) is 4.79 Å². The average Bonchev–Trinajstić information content (AvgIpc) is 2.03. The zero-order valence-electron chi connectivity index (χ0n) is 7.10. The number of carbonyl (C=O) groups excluding carboxylic acids is 1. The van der Waals surface area contributed by atoms with Crippen molar-refractivity contribution in [3.63, 3.8) is 0 Å². The van der Waals surface area contributed by atoms with Gasteiger partial charge in [0.25, 0.3) is 0 Å². The predicted molar refractivity (Wildman–Crippen MR) is 53.2 cm³/mol. The first-order valence-electron chi connectivity index (χ1n) is 3.67. The lowest BCUT2D eigenvalue weighted by atomic mass is 10.1. The molecule has 0 aliphatic carbocycles. The number of allylic oxidation sites excluding steroid dienone is 1. The highest BCUT2D eigenvalue weighted by molar-refractivity contribution is 9.10. The molecule has 0 heterocycles. The Hall–Kier alpha value is -0.960. The van der Waals surface area contributed by atoms with E-state index in [0.717, 1.165) is 0 Å². The Balaban J connectivity index is 3.16. The molecule has 3 heteroatoms. The Bertz CT molecular complexity index is 371. The molecule has 0 saturated carbocycles. The summed E-state index contributed by atoms with van der Waals surface area (Å²) in [6.07, 6.45) is 0. The highest BCUT2D eigenvalue weighted by atomic mass is 79.9. The molecule has 0 saturated heterocycles. The van der Waals surface area contributed by atoms with Crippen LogP contribution in [0.4, 0.5) is 4.39 Å². The summed E-state index contributed by atoms with van der Waals surface area (Å²) >= 11 is 3.11. The highest BCUT2D eigenvalue weighted by Gasteiger charge is 2.11. The van der Waals surface area contributed by atoms with Crippen LogP contribution in [0.15, 0.2) is 34.8 Å². The number of benzene rings is 1. The normalized spacial score (nSPS) is 9.77. The summed E-state index contributed by atoms with van der Waals surface area (Å²) in [7, 11) is 0. The Morgan fingerprint density at radius 1 is 1.54 bits per heavy atom. The van der Waals surface area contributed by atoms with Gasteiger partial charge in [-0.2, -0.15) is 0 Å². The minimum Gasteiger partial charge on any atom is -0.289 e. The summed E-state index contributed by atoms with van der Waals surface area (Å²) in [6, 6.07) is 4.33. The fourth-order valence-electron chi connectivity index (χ4n) is 0.904. The first-order chi connectivity index (χ1) is 6.02. The van der Waals surface area contributed by atoms with Crippen molar-refractivity contribution in [3.05, 3.63) is 46.2 Å². The second-order valence-electron chi connectivity index (χ2n) is 2.73. The fourth-order valence-corrected chi connectivity index (χ4v) is 1.24. The third-order valence-corrected chi connectivity index (χ3v) is 2.06. The van der Waals surface area contributed by atoms with Gasteiger partial charge in [-0.25, -0.2) is 4.39 Å². The monoisotopic (exact) mass is 242 g/mol. The summed E-state index contributed by atoms with van der Waals surface area (Å²) in [5, 5.41) is 0. The van der Waals surface area contributed by atoms with Crippen molar-refractivity contribution in [1.82, 2.24) is 0 Å². The lowest BCUT2D eigenvalue weighted by Crippen LogP contribution is -2.02. The molecule has 0 amide bonds. The van der Waals surface area contributed by atoms with Gasteiger partial charge < -0.3 is 0 Å². The van der Waals surface area contributed by atoms with Crippen LogP contribution in [0.25, 0.3) is 0 Å². The van der Waals surface area contributed by atoms with Crippen LogP contribution >= 0.6 is 15.9 Å². The van der Waals surface area contributed by atoms with Crippen LogP contribution in [0.5, 0.6) is 0 Å². The molecule has 0 bridgehead atoms. The van der Waals surface area contributed by atoms with Gasteiger partial charge in [-0.1, -0.05) is 22.5 Å². The molecule has 68 valence electrons. The number of carbonyl (C=O) groups is 1. The summed E-state index contributed by atoms with van der Waals surface area (Å²) in [5.74, 6) is -0.882. The van der Waals surface area contributed by atoms with E-state index in [2.05, 4.69) is 22.5 Å². The number of ketones is 1.